The predicted molar refractivity (Wildman–Crippen MR) is 96.5 cm³/mol. The van der Waals surface area contributed by atoms with Crippen LogP contribution < -0.4 is 10.1 Å². The molecule has 0 radical (unpaired) electrons. The number of carbonyl (C=O) groups is 1. The number of ether oxygens (including phenoxy) is 1. The van der Waals surface area contributed by atoms with Gasteiger partial charge < -0.3 is 15.2 Å². The Bertz CT molecular complexity index is 678. The quantitative estimate of drug-likeness (QED) is 0.816. The van der Waals surface area contributed by atoms with Gasteiger partial charge in [0.25, 0.3) is 5.91 Å². The van der Waals surface area contributed by atoms with Crippen LogP contribution in [0.1, 0.15) is 30.0 Å². The van der Waals surface area contributed by atoms with Crippen LogP contribution in [0.3, 0.4) is 0 Å². The zero-order chi connectivity index (χ0) is 17.5. The number of anilines is 1. The Morgan fingerprint density at radius 3 is 2.54 bits per heavy atom. The summed E-state index contributed by atoms with van der Waals surface area (Å²) in [5, 5.41) is 12.2. The van der Waals surface area contributed by atoms with Crippen LogP contribution in [0.4, 0.5) is 5.69 Å². The smallest absolute Gasteiger partial charge is 0.262 e. The second kappa shape index (κ2) is 8.50. The van der Waals surface area contributed by atoms with Gasteiger partial charge in [0.1, 0.15) is 5.75 Å². The van der Waals surface area contributed by atoms with Crippen molar-refractivity contribution in [2.75, 3.05) is 11.9 Å². The zero-order valence-corrected chi connectivity index (χ0v) is 14.5. The van der Waals surface area contributed by atoms with E-state index in [-0.39, 0.29) is 18.6 Å². The number of rotatable bonds is 7. The zero-order valence-electron chi connectivity index (χ0n) is 14.5. The van der Waals surface area contributed by atoms with Gasteiger partial charge in [0, 0.05) is 5.69 Å². The minimum Gasteiger partial charge on any atom is -0.484 e. The molecule has 0 heterocycles. The highest BCUT2D eigenvalue weighted by Crippen LogP contribution is 2.18. The van der Waals surface area contributed by atoms with Crippen LogP contribution >= 0.6 is 0 Å². The number of benzene rings is 2. The lowest BCUT2D eigenvalue weighted by Crippen LogP contribution is -2.20. The molecule has 4 heteroatoms. The summed E-state index contributed by atoms with van der Waals surface area (Å²) in [6, 6.07) is 13.4. The molecule has 0 aromatic heterocycles. The third kappa shape index (κ3) is 5.39. The van der Waals surface area contributed by atoms with E-state index in [9.17, 15) is 9.90 Å². The van der Waals surface area contributed by atoms with Crippen molar-refractivity contribution in [3.05, 3.63) is 59.2 Å². The number of hydrogen-bond donors (Lipinski definition) is 2. The SMILES string of the molecule is Cc1cccc(NC(=O)COc2ccc(CC[C@H](C)O)cc2)c1C. The van der Waals surface area contributed by atoms with Crippen molar-refractivity contribution < 1.29 is 14.6 Å². The second-order valence-electron chi connectivity index (χ2n) is 6.12. The van der Waals surface area contributed by atoms with Gasteiger partial charge in [0.15, 0.2) is 6.61 Å². The molecule has 4 nitrogen and oxygen atoms in total. The maximum absolute atomic E-state index is 12.0. The standard InChI is InChI=1S/C20H25NO3/c1-14-5-4-6-19(16(14)3)21-20(23)13-24-18-11-9-17(10-12-18)8-7-15(2)22/h4-6,9-12,15,22H,7-8,13H2,1-3H3,(H,21,23)/t15-/m0/s1. The minimum absolute atomic E-state index is 0.0274. The summed E-state index contributed by atoms with van der Waals surface area (Å²) in [6.45, 7) is 5.75. The molecule has 0 unspecified atom stereocenters. The van der Waals surface area contributed by atoms with E-state index < -0.39 is 0 Å². The van der Waals surface area contributed by atoms with Crippen molar-refractivity contribution in [3.8, 4) is 5.75 Å². The van der Waals surface area contributed by atoms with E-state index >= 15 is 0 Å². The lowest BCUT2D eigenvalue weighted by molar-refractivity contribution is -0.118. The maximum atomic E-state index is 12.0. The molecule has 0 fully saturated rings. The average molecular weight is 327 g/mol. The van der Waals surface area contributed by atoms with E-state index in [2.05, 4.69) is 5.32 Å². The second-order valence-corrected chi connectivity index (χ2v) is 6.12. The highest BCUT2D eigenvalue weighted by molar-refractivity contribution is 5.92. The Labute approximate surface area is 143 Å². The van der Waals surface area contributed by atoms with Crippen LogP contribution in [0.25, 0.3) is 0 Å². The number of aliphatic hydroxyl groups excluding tert-OH is 1. The van der Waals surface area contributed by atoms with Crippen LogP contribution in [0.15, 0.2) is 42.5 Å². The third-order valence-corrected chi connectivity index (χ3v) is 4.02. The van der Waals surface area contributed by atoms with E-state index in [0.29, 0.717) is 5.75 Å². The van der Waals surface area contributed by atoms with E-state index in [1.807, 2.05) is 56.3 Å². The molecule has 2 N–H and O–H groups in total. The van der Waals surface area contributed by atoms with Gasteiger partial charge >= 0.3 is 0 Å². The van der Waals surface area contributed by atoms with Gasteiger partial charge in [0.2, 0.25) is 0 Å². The van der Waals surface area contributed by atoms with E-state index in [0.717, 1.165) is 35.2 Å². The van der Waals surface area contributed by atoms with Crippen LogP contribution in [-0.4, -0.2) is 23.7 Å². The van der Waals surface area contributed by atoms with Crippen molar-refractivity contribution in [1.82, 2.24) is 0 Å². The predicted octanol–water partition coefficient (Wildman–Crippen LogP) is 3.63. The molecule has 2 aromatic rings. The van der Waals surface area contributed by atoms with Crippen molar-refractivity contribution in [2.45, 2.75) is 39.7 Å². The Morgan fingerprint density at radius 1 is 1.17 bits per heavy atom. The molecule has 2 rings (SSSR count). The number of hydrogen-bond acceptors (Lipinski definition) is 3. The number of nitrogens with one attached hydrogen (secondary N) is 1. The largest absolute Gasteiger partial charge is 0.484 e. The third-order valence-electron chi connectivity index (χ3n) is 4.02. The molecule has 0 saturated heterocycles. The summed E-state index contributed by atoms with van der Waals surface area (Å²) < 4.78 is 5.53. The molecule has 24 heavy (non-hydrogen) atoms. The van der Waals surface area contributed by atoms with Crippen molar-refractivity contribution in [1.29, 1.82) is 0 Å². The lowest BCUT2D eigenvalue weighted by atomic mass is 10.1. The minimum atomic E-state index is -0.297. The first kappa shape index (κ1) is 18.0. The van der Waals surface area contributed by atoms with Gasteiger partial charge in [-0.2, -0.15) is 0 Å². The lowest BCUT2D eigenvalue weighted by Gasteiger charge is -2.11. The van der Waals surface area contributed by atoms with Gasteiger partial charge in [0.05, 0.1) is 6.10 Å². The summed E-state index contributed by atoms with van der Waals surface area (Å²) in [5.74, 6) is 0.480. The Kier molecular flexibility index (Phi) is 6.38. The fraction of sp³-hybridized carbons (Fsp3) is 0.350. The summed E-state index contributed by atoms with van der Waals surface area (Å²) in [7, 11) is 0. The monoisotopic (exact) mass is 327 g/mol. The van der Waals surface area contributed by atoms with E-state index in [1.54, 1.807) is 6.92 Å². The Balaban J connectivity index is 1.84. The normalized spacial score (nSPS) is 11.8. The van der Waals surface area contributed by atoms with Gasteiger partial charge in [-0.15, -0.1) is 0 Å². The van der Waals surface area contributed by atoms with Gasteiger partial charge in [-0.3, -0.25) is 4.79 Å². The molecule has 128 valence electrons. The molecule has 0 aliphatic rings. The Hall–Kier alpha value is -2.33. The molecule has 0 bridgehead atoms. The van der Waals surface area contributed by atoms with Gasteiger partial charge in [-0.05, 0) is 68.5 Å². The summed E-state index contributed by atoms with van der Waals surface area (Å²) in [5.41, 5.74) is 4.16. The molecule has 0 aliphatic carbocycles. The number of aliphatic hydroxyl groups is 1. The van der Waals surface area contributed by atoms with Crippen LogP contribution in [0.2, 0.25) is 0 Å². The summed E-state index contributed by atoms with van der Waals surface area (Å²) >= 11 is 0. The molecule has 0 aliphatic heterocycles. The first-order chi connectivity index (χ1) is 11.5. The first-order valence-electron chi connectivity index (χ1n) is 8.21. The fourth-order valence-electron chi connectivity index (χ4n) is 2.35. The first-order valence-corrected chi connectivity index (χ1v) is 8.21. The topological polar surface area (TPSA) is 58.6 Å². The van der Waals surface area contributed by atoms with Gasteiger partial charge in [-0.1, -0.05) is 24.3 Å². The van der Waals surface area contributed by atoms with Crippen molar-refractivity contribution in [2.24, 2.45) is 0 Å². The van der Waals surface area contributed by atoms with Crippen LogP contribution in [0, 0.1) is 13.8 Å². The van der Waals surface area contributed by atoms with Crippen LogP contribution in [0.5, 0.6) is 5.75 Å². The molecular weight excluding hydrogens is 302 g/mol. The maximum Gasteiger partial charge on any atom is 0.262 e. The molecular formula is C20H25NO3. The fourth-order valence-corrected chi connectivity index (χ4v) is 2.35. The average Bonchev–Trinajstić information content (AvgIpc) is 2.56. The summed E-state index contributed by atoms with van der Waals surface area (Å²) in [4.78, 5) is 12.0. The van der Waals surface area contributed by atoms with Crippen molar-refractivity contribution >= 4 is 11.6 Å². The van der Waals surface area contributed by atoms with Crippen molar-refractivity contribution in [3.63, 3.8) is 0 Å². The number of carbonyl (C=O) groups excluding carboxylic acids is 1. The molecule has 2 aromatic carbocycles. The van der Waals surface area contributed by atoms with Gasteiger partial charge in [-0.25, -0.2) is 0 Å². The van der Waals surface area contributed by atoms with E-state index in [1.165, 1.54) is 0 Å². The molecule has 0 spiro atoms. The molecule has 1 amide bonds. The number of amides is 1. The van der Waals surface area contributed by atoms with Crippen LogP contribution in [-0.2, 0) is 11.2 Å². The Morgan fingerprint density at radius 2 is 1.88 bits per heavy atom. The molecule has 0 saturated carbocycles. The van der Waals surface area contributed by atoms with E-state index in [4.69, 9.17) is 4.74 Å². The molecule has 1 atom stereocenters. The highest BCUT2D eigenvalue weighted by Gasteiger charge is 2.07. The highest BCUT2D eigenvalue weighted by atomic mass is 16.5. The number of aryl methyl sites for hydroxylation is 2. The summed E-state index contributed by atoms with van der Waals surface area (Å²) in [6.07, 6.45) is 1.26.